The second kappa shape index (κ2) is 5.45. The molecule has 0 spiro atoms. The van der Waals surface area contributed by atoms with Gasteiger partial charge in [0, 0.05) is 24.1 Å². The summed E-state index contributed by atoms with van der Waals surface area (Å²) in [4.78, 5) is 12.9. The van der Waals surface area contributed by atoms with E-state index in [-0.39, 0.29) is 16.7 Å². The van der Waals surface area contributed by atoms with Crippen LogP contribution in [0, 0.1) is 10.1 Å². The third-order valence-corrected chi connectivity index (χ3v) is 4.22. The van der Waals surface area contributed by atoms with E-state index in [1.807, 2.05) is 11.8 Å². The maximum Gasteiger partial charge on any atom is 0.316 e. The summed E-state index contributed by atoms with van der Waals surface area (Å²) in [5.41, 5.74) is 3.44. The van der Waals surface area contributed by atoms with Gasteiger partial charge >= 0.3 is 5.69 Å². The number of hydrogen-bond acceptors (Lipinski definition) is 6. The minimum atomic E-state index is -0.376. The molecule has 1 aromatic carbocycles. The molecular formula is C11H16N4O2S. The molecule has 1 unspecified atom stereocenters. The van der Waals surface area contributed by atoms with Gasteiger partial charge < -0.3 is 10.3 Å². The Hall–Kier alpha value is -1.47. The Kier molecular flexibility index (Phi) is 3.93. The summed E-state index contributed by atoms with van der Waals surface area (Å²) in [6, 6.07) is 5.47. The van der Waals surface area contributed by atoms with Crippen molar-refractivity contribution in [2.45, 2.75) is 13.0 Å². The van der Waals surface area contributed by atoms with Crippen LogP contribution in [0.3, 0.4) is 0 Å². The van der Waals surface area contributed by atoms with Crippen molar-refractivity contribution < 1.29 is 4.92 Å². The number of hydrazine groups is 1. The first-order valence-electron chi connectivity index (χ1n) is 5.73. The van der Waals surface area contributed by atoms with Crippen LogP contribution in [0.5, 0.6) is 0 Å². The molecule has 98 valence electrons. The van der Waals surface area contributed by atoms with E-state index in [2.05, 4.69) is 17.2 Å². The first-order chi connectivity index (χ1) is 8.65. The molecule has 1 aliphatic rings. The van der Waals surface area contributed by atoms with Gasteiger partial charge in [-0.25, -0.2) is 0 Å². The number of hydrogen-bond donors (Lipinski definition) is 2. The summed E-state index contributed by atoms with van der Waals surface area (Å²) in [7, 11) is 0. The average molecular weight is 268 g/mol. The van der Waals surface area contributed by atoms with E-state index in [1.54, 1.807) is 18.2 Å². The second-order valence-electron chi connectivity index (χ2n) is 4.19. The van der Waals surface area contributed by atoms with E-state index in [9.17, 15) is 10.1 Å². The molecule has 1 aliphatic heterocycles. The monoisotopic (exact) mass is 268 g/mol. The summed E-state index contributed by atoms with van der Waals surface area (Å²) in [5, 5.41) is 11.2. The molecule has 0 bridgehead atoms. The van der Waals surface area contributed by atoms with E-state index < -0.39 is 0 Å². The number of rotatable bonds is 3. The van der Waals surface area contributed by atoms with Crippen LogP contribution in [0.4, 0.5) is 17.1 Å². The lowest BCUT2D eigenvalue weighted by Gasteiger charge is -2.34. The first-order valence-corrected chi connectivity index (χ1v) is 6.89. The average Bonchev–Trinajstić information content (AvgIpc) is 2.38. The summed E-state index contributed by atoms with van der Waals surface area (Å²) in [6.07, 6.45) is 0. The number of nitrogens with two attached hydrogens (primary N) is 1. The molecule has 6 nitrogen and oxygen atoms in total. The number of nitrogens with one attached hydrogen (secondary N) is 1. The van der Waals surface area contributed by atoms with Crippen molar-refractivity contribution in [3.8, 4) is 0 Å². The fourth-order valence-electron chi connectivity index (χ4n) is 2.16. The lowest BCUT2D eigenvalue weighted by atomic mass is 10.2. The van der Waals surface area contributed by atoms with Gasteiger partial charge in [0.15, 0.2) is 0 Å². The molecule has 1 heterocycles. The van der Waals surface area contributed by atoms with E-state index in [0.717, 1.165) is 18.1 Å². The molecule has 1 fully saturated rings. The van der Waals surface area contributed by atoms with Gasteiger partial charge in [-0.2, -0.15) is 11.8 Å². The Balaban J connectivity index is 2.45. The molecule has 18 heavy (non-hydrogen) atoms. The molecule has 7 heteroatoms. The summed E-state index contributed by atoms with van der Waals surface area (Å²) in [6.45, 7) is 2.90. The number of nitro benzene ring substituents is 1. The molecule has 1 aromatic rings. The molecule has 0 aliphatic carbocycles. The van der Waals surface area contributed by atoms with Crippen molar-refractivity contribution in [1.82, 2.24) is 0 Å². The first kappa shape index (κ1) is 13.0. The molecule has 0 amide bonds. The molecule has 2 rings (SSSR count). The lowest BCUT2D eigenvalue weighted by molar-refractivity contribution is -0.383. The SMILES string of the molecule is CC1CSCCN1c1cccc(NN)c1[N+](=O)[O-]. The minimum Gasteiger partial charge on any atom is -0.362 e. The van der Waals surface area contributed by atoms with Gasteiger partial charge in [0.2, 0.25) is 0 Å². The normalized spacial score (nSPS) is 19.7. The van der Waals surface area contributed by atoms with Gasteiger partial charge in [0.1, 0.15) is 11.4 Å². The van der Waals surface area contributed by atoms with Gasteiger partial charge in [-0.1, -0.05) is 6.07 Å². The summed E-state index contributed by atoms with van der Waals surface area (Å²) in [5.74, 6) is 7.32. The topological polar surface area (TPSA) is 84.4 Å². The van der Waals surface area contributed by atoms with Crippen LogP contribution >= 0.6 is 11.8 Å². The maximum atomic E-state index is 11.2. The highest BCUT2D eigenvalue weighted by atomic mass is 32.2. The standard InChI is InChI=1S/C11H16N4O2S/c1-8-7-18-6-5-14(8)10-4-2-3-9(13-12)11(10)15(16)17/h2-4,8,13H,5-7,12H2,1H3. The van der Waals surface area contributed by atoms with Crippen LogP contribution < -0.4 is 16.2 Å². The summed E-state index contributed by atoms with van der Waals surface area (Å²) >= 11 is 1.87. The van der Waals surface area contributed by atoms with Crippen molar-refractivity contribution >= 4 is 28.8 Å². The van der Waals surface area contributed by atoms with Crippen LogP contribution in [-0.4, -0.2) is 29.0 Å². The zero-order valence-electron chi connectivity index (χ0n) is 10.1. The van der Waals surface area contributed by atoms with Gasteiger partial charge in [0.25, 0.3) is 0 Å². The zero-order valence-corrected chi connectivity index (χ0v) is 10.9. The highest BCUT2D eigenvalue weighted by Gasteiger charge is 2.27. The predicted molar refractivity (Wildman–Crippen MR) is 75.0 cm³/mol. The molecule has 3 N–H and O–H groups in total. The molecule has 0 saturated carbocycles. The molecule has 0 aromatic heterocycles. The Morgan fingerprint density at radius 1 is 1.61 bits per heavy atom. The van der Waals surface area contributed by atoms with Crippen LogP contribution in [0.25, 0.3) is 0 Å². The fraction of sp³-hybridized carbons (Fsp3) is 0.455. The van der Waals surface area contributed by atoms with Crippen molar-refractivity contribution in [2.75, 3.05) is 28.4 Å². The Bertz CT molecular complexity index is 455. The Morgan fingerprint density at radius 3 is 3.00 bits per heavy atom. The predicted octanol–water partition coefficient (Wildman–Crippen LogP) is 1.82. The maximum absolute atomic E-state index is 11.2. The molecule has 1 saturated heterocycles. The van der Waals surface area contributed by atoms with E-state index in [1.165, 1.54) is 0 Å². The molecular weight excluding hydrogens is 252 g/mol. The van der Waals surface area contributed by atoms with Crippen molar-refractivity contribution in [2.24, 2.45) is 5.84 Å². The molecule has 1 atom stereocenters. The third kappa shape index (κ3) is 2.37. The van der Waals surface area contributed by atoms with Crippen molar-refractivity contribution in [1.29, 1.82) is 0 Å². The van der Waals surface area contributed by atoms with Gasteiger partial charge in [-0.05, 0) is 19.1 Å². The zero-order chi connectivity index (χ0) is 13.1. The van der Waals surface area contributed by atoms with E-state index >= 15 is 0 Å². The fourth-order valence-corrected chi connectivity index (χ4v) is 3.17. The Morgan fingerprint density at radius 2 is 2.39 bits per heavy atom. The molecule has 0 radical (unpaired) electrons. The van der Waals surface area contributed by atoms with Crippen molar-refractivity contribution in [3.63, 3.8) is 0 Å². The summed E-state index contributed by atoms with van der Waals surface area (Å²) < 4.78 is 0. The largest absolute Gasteiger partial charge is 0.362 e. The van der Waals surface area contributed by atoms with Gasteiger partial charge in [-0.3, -0.25) is 16.0 Å². The third-order valence-electron chi connectivity index (χ3n) is 3.03. The highest BCUT2D eigenvalue weighted by molar-refractivity contribution is 7.99. The van der Waals surface area contributed by atoms with Crippen LogP contribution in [0.2, 0.25) is 0 Å². The second-order valence-corrected chi connectivity index (χ2v) is 5.34. The number of benzene rings is 1. The smallest absolute Gasteiger partial charge is 0.316 e. The van der Waals surface area contributed by atoms with Crippen LogP contribution in [-0.2, 0) is 0 Å². The van der Waals surface area contributed by atoms with Crippen LogP contribution in [0.1, 0.15) is 6.92 Å². The quantitative estimate of drug-likeness (QED) is 0.494. The Labute approximate surface area is 110 Å². The minimum absolute atomic E-state index is 0.0544. The number of nitrogen functional groups attached to an aromatic ring is 1. The van der Waals surface area contributed by atoms with E-state index in [0.29, 0.717) is 11.4 Å². The number of para-hydroxylation sites is 1. The number of nitro groups is 1. The van der Waals surface area contributed by atoms with Gasteiger partial charge in [-0.15, -0.1) is 0 Å². The lowest BCUT2D eigenvalue weighted by Crippen LogP contribution is -2.40. The van der Waals surface area contributed by atoms with E-state index in [4.69, 9.17) is 5.84 Å². The van der Waals surface area contributed by atoms with Crippen LogP contribution in [0.15, 0.2) is 18.2 Å². The number of anilines is 2. The number of nitrogens with zero attached hydrogens (tertiary/aromatic N) is 2. The van der Waals surface area contributed by atoms with Gasteiger partial charge in [0.05, 0.1) is 4.92 Å². The number of thioether (sulfide) groups is 1. The highest BCUT2D eigenvalue weighted by Crippen LogP contribution is 2.37. The van der Waals surface area contributed by atoms with Crippen molar-refractivity contribution in [3.05, 3.63) is 28.3 Å².